The van der Waals surface area contributed by atoms with Gasteiger partial charge in [-0.2, -0.15) is 0 Å². The molecule has 16 nitrogen and oxygen atoms in total. The van der Waals surface area contributed by atoms with Gasteiger partial charge in [-0.25, -0.2) is 14.7 Å². The third-order valence-electron chi connectivity index (χ3n) is 3.42. The summed E-state index contributed by atoms with van der Waals surface area (Å²) in [4.78, 5) is 21.6. The van der Waals surface area contributed by atoms with Crippen molar-refractivity contribution in [1.29, 1.82) is 0 Å². The van der Waals surface area contributed by atoms with Crippen LogP contribution in [0.2, 0.25) is 0 Å². The summed E-state index contributed by atoms with van der Waals surface area (Å²) in [5.74, 6) is 0. The van der Waals surface area contributed by atoms with Gasteiger partial charge in [0.25, 0.3) is 27.2 Å². The van der Waals surface area contributed by atoms with Crippen molar-refractivity contribution in [1.82, 2.24) is 0 Å². The van der Waals surface area contributed by atoms with E-state index in [4.69, 9.17) is 10.5 Å². The van der Waals surface area contributed by atoms with Gasteiger partial charge in [0.05, 0.1) is 20.8 Å². The van der Waals surface area contributed by atoms with Gasteiger partial charge >= 0.3 is 69.9 Å². The van der Waals surface area contributed by atoms with Crippen LogP contribution in [0.25, 0.3) is 0 Å². The summed E-state index contributed by atoms with van der Waals surface area (Å²) in [6, 6.07) is 0.477. The van der Waals surface area contributed by atoms with Gasteiger partial charge in [-0.05, 0) is 6.07 Å². The Morgan fingerprint density at radius 3 is 1.35 bits per heavy atom. The first kappa shape index (κ1) is 57.0. The van der Waals surface area contributed by atoms with Crippen LogP contribution < -0.4 is 0 Å². The molecule has 0 amide bonds. The fourth-order valence-corrected chi connectivity index (χ4v) is 3.77. The quantitative estimate of drug-likeness (QED) is 0.0429. The van der Waals surface area contributed by atoms with E-state index in [0.29, 0.717) is 21.6 Å². The molecule has 1 atom stereocenters. The van der Waals surface area contributed by atoms with Crippen molar-refractivity contribution in [2.45, 2.75) is 24.6 Å². The van der Waals surface area contributed by atoms with E-state index in [2.05, 4.69) is 58.7 Å². The van der Waals surface area contributed by atoms with Gasteiger partial charge in [-0.3, -0.25) is 30.3 Å². The number of nitro benzene ring substituents is 3. The molecule has 0 spiro atoms. The van der Waals surface area contributed by atoms with Gasteiger partial charge in [0.1, 0.15) is 9.79 Å². The van der Waals surface area contributed by atoms with Gasteiger partial charge < -0.3 is 0 Å². The molecule has 0 aliphatic rings. The fourth-order valence-electron chi connectivity index (χ4n) is 1.91. The van der Waals surface area contributed by atoms with Crippen LogP contribution in [0.1, 0.15) is 14.9 Å². The predicted octanol–water partition coefficient (Wildman–Crippen LogP) is 12.1. The van der Waals surface area contributed by atoms with Crippen LogP contribution in [-0.2, 0) is 38.3 Å². The van der Waals surface area contributed by atoms with Crippen LogP contribution >= 0.6 is 95.5 Å². The first-order valence-corrected chi connectivity index (χ1v) is 24.2. The molecule has 0 fully saturated rings. The molecule has 2 N–H and O–H groups in total. The maximum absolute atomic E-state index is 12.4. The predicted molar refractivity (Wildman–Crippen MR) is 178 cm³/mol. The Kier molecular flexibility index (Phi) is 23.8. The standard InChI is InChI=1S/C6H3F5N2O4S.C6H4F5NO2S.2CH4.3HI.H2O7S2.V/c7-18(8,9,10,11)6-2-4(12(14)15)1-5(3-6)13(16)17;7-15(8,9,10,11)6-3-1-2-5(4-6)12(13)14;;;;;;1-4-6-8-9(3)7-5-2;/h1-3H;1-4H;2*1H4;3*1H;1-2H;/q;;;;;;;;+2/p-2. The number of rotatable bonds is 10. The third kappa shape index (κ3) is 24.8. The zero-order valence-corrected chi connectivity index (χ0v) is 31.6. The molecule has 0 aromatic heterocycles. The summed E-state index contributed by atoms with van der Waals surface area (Å²) in [6.45, 7) is 0. The van der Waals surface area contributed by atoms with Crippen LogP contribution in [0.15, 0.2) is 52.3 Å². The Balaban J connectivity index is -0.000000187. The Morgan fingerprint density at radius 2 is 1.06 bits per heavy atom. The molecule has 2 aromatic rings. The van der Waals surface area contributed by atoms with Gasteiger partial charge in [-0.1, -0.05) is 74.2 Å². The van der Waals surface area contributed by atoms with Crippen molar-refractivity contribution < 1.29 is 96.6 Å². The average Bonchev–Trinajstić information content (AvgIpc) is 2.86. The molecule has 0 radical (unpaired) electrons. The molecule has 1 unspecified atom stereocenters. The second kappa shape index (κ2) is 20.1. The van der Waals surface area contributed by atoms with Crippen LogP contribution in [0.5, 0.6) is 0 Å². The molecule has 2 aromatic carbocycles. The van der Waals surface area contributed by atoms with Crippen molar-refractivity contribution in [2.24, 2.45) is 0 Å². The number of hydrogen-bond acceptors (Lipinski definition) is 14. The van der Waals surface area contributed by atoms with Crippen LogP contribution in [0.3, 0.4) is 0 Å². The summed E-state index contributed by atoms with van der Waals surface area (Å²) in [6.07, 6.45) is 0. The molecule has 0 saturated carbocycles. The van der Waals surface area contributed by atoms with E-state index in [9.17, 15) is 73.4 Å². The van der Waals surface area contributed by atoms with E-state index >= 15 is 0 Å². The van der Waals surface area contributed by atoms with Gasteiger partial charge in [0.15, 0.2) is 11.1 Å². The summed E-state index contributed by atoms with van der Waals surface area (Å²) in [5.41, 5.74) is -3.90. The second-order valence-electron chi connectivity index (χ2n) is 6.51. The zero-order chi connectivity index (χ0) is 36.2. The van der Waals surface area contributed by atoms with Gasteiger partial charge in [-0.15, -0.1) is 28.3 Å². The first-order valence-electron chi connectivity index (χ1n) is 8.97. The molecule has 0 heterocycles. The molecular weight excluding hydrogens is 1170 g/mol. The zero-order valence-electron chi connectivity index (χ0n) is 20.3. The number of non-ortho nitro benzene ring substituents is 3. The van der Waals surface area contributed by atoms with E-state index < -0.39 is 84.3 Å². The van der Waals surface area contributed by atoms with Gasteiger partial charge in [0, 0.05) is 24.3 Å². The van der Waals surface area contributed by atoms with Crippen molar-refractivity contribution in [3.05, 3.63) is 72.8 Å². The number of hydrogen-bond donors (Lipinski definition) is 2. The van der Waals surface area contributed by atoms with Crippen LogP contribution in [0, 0.1) is 30.3 Å². The Labute approximate surface area is 313 Å². The third-order valence-corrected chi connectivity index (χ3v) is 6.75. The maximum atomic E-state index is 12.4. The molecule has 0 aliphatic heterocycles. The number of benzene rings is 2. The molecule has 0 saturated heterocycles. The number of nitro groups is 3. The fraction of sp³-hybridized carbons (Fsp3) is 0.143. The molecule has 2 rings (SSSR count). The van der Waals surface area contributed by atoms with Crippen LogP contribution in [-0.4, -0.2) is 29.5 Å². The molecule has 34 heteroatoms. The number of halogens is 13. The SMILES string of the molecule is C.C.I.O=S(OOO)SOOO.O=[N+]([O-])c1cc([N+](=O)[O-])cc(S(F)(F)(F)(F)F)c1.O=[N+]([O-])c1cccc(S(F)(F)(F)(F)F)c1.[I][V][I]. The van der Waals surface area contributed by atoms with Crippen molar-refractivity contribution in [3.63, 3.8) is 0 Å². The Bertz CT molecular complexity index is 1380. The van der Waals surface area contributed by atoms with Crippen molar-refractivity contribution in [3.8, 4) is 0 Å². The first-order chi connectivity index (χ1) is 19.8. The van der Waals surface area contributed by atoms with Crippen molar-refractivity contribution in [2.75, 3.05) is 0 Å². The molecule has 287 valence electrons. The average molecular weight is 1190 g/mol. The summed E-state index contributed by atoms with van der Waals surface area (Å²) in [7, 11) is -21.5. The molecule has 48 heavy (non-hydrogen) atoms. The second-order valence-corrected chi connectivity index (χ2v) is 25.2. The molecular formula is C14H18F10I3N3O13S4V. The van der Waals surface area contributed by atoms with Crippen LogP contribution in [0.4, 0.5) is 55.9 Å². The Morgan fingerprint density at radius 1 is 0.708 bits per heavy atom. The summed E-state index contributed by atoms with van der Waals surface area (Å²) in [5, 5.41) is 51.5. The van der Waals surface area contributed by atoms with E-state index in [-0.39, 0.29) is 68.1 Å². The van der Waals surface area contributed by atoms with E-state index in [1.165, 1.54) is 0 Å². The minimum atomic E-state index is -10.2. The number of nitrogens with zero attached hydrogens (tertiary/aromatic N) is 3. The summed E-state index contributed by atoms with van der Waals surface area (Å²) >= 11 is 4.83. The van der Waals surface area contributed by atoms with E-state index in [0.717, 1.165) is 0 Å². The van der Waals surface area contributed by atoms with E-state index in [1.807, 2.05) is 0 Å². The minimum absolute atomic E-state index is 0. The molecule has 0 aliphatic carbocycles. The Hall–Kier alpha value is -0.326. The van der Waals surface area contributed by atoms with Crippen molar-refractivity contribution >= 4 is 123 Å². The topological polar surface area (TPSA) is 224 Å². The normalized spacial score (nSPS) is 13.9. The van der Waals surface area contributed by atoms with Gasteiger partial charge in [0.2, 0.25) is 0 Å². The van der Waals surface area contributed by atoms with E-state index in [1.54, 1.807) is 0 Å². The molecule has 0 bridgehead atoms. The summed E-state index contributed by atoms with van der Waals surface area (Å²) < 4.78 is 140. The monoisotopic (exact) mass is 1190 g/mol.